The Balaban J connectivity index is 1.91. The molecule has 0 radical (unpaired) electrons. The number of nitrogens with one attached hydrogen (secondary N) is 1. The molecule has 21 heavy (non-hydrogen) atoms. The quantitative estimate of drug-likeness (QED) is 0.785. The molecule has 0 aromatic heterocycles. The van der Waals surface area contributed by atoms with Gasteiger partial charge in [-0.1, -0.05) is 17.7 Å². The van der Waals surface area contributed by atoms with Crippen molar-refractivity contribution in [1.29, 1.82) is 0 Å². The summed E-state index contributed by atoms with van der Waals surface area (Å²) in [6.45, 7) is 3.77. The number of amides is 1. The molecule has 1 amide bonds. The number of carboxylic acid groups (broad SMARTS) is 1. The van der Waals surface area contributed by atoms with Crippen LogP contribution in [0.15, 0.2) is 18.2 Å². The number of carbonyl (C=O) groups excluding carboxylic acids is 2. The van der Waals surface area contributed by atoms with Crippen LogP contribution >= 0.6 is 0 Å². The molecule has 2 N–H and O–H groups in total. The van der Waals surface area contributed by atoms with Gasteiger partial charge in [0.1, 0.15) is 5.54 Å². The topological polar surface area (TPSA) is 83.5 Å². The van der Waals surface area contributed by atoms with Crippen LogP contribution in [0.2, 0.25) is 0 Å². The molecule has 2 rings (SSSR count). The van der Waals surface area contributed by atoms with Crippen LogP contribution in [0.1, 0.15) is 47.2 Å². The maximum absolute atomic E-state index is 12.1. The van der Waals surface area contributed by atoms with E-state index in [1.165, 1.54) is 0 Å². The summed E-state index contributed by atoms with van der Waals surface area (Å²) in [5, 5.41) is 11.5. The molecule has 0 unspecified atom stereocenters. The van der Waals surface area contributed by atoms with E-state index in [-0.39, 0.29) is 24.5 Å². The summed E-state index contributed by atoms with van der Waals surface area (Å²) in [7, 11) is 0. The van der Waals surface area contributed by atoms with Crippen molar-refractivity contribution < 1.29 is 19.5 Å². The Morgan fingerprint density at radius 2 is 1.86 bits per heavy atom. The fourth-order valence-corrected chi connectivity index (χ4v) is 2.24. The number of aryl methyl sites for hydroxylation is 2. The summed E-state index contributed by atoms with van der Waals surface area (Å²) >= 11 is 0. The molecule has 0 aliphatic heterocycles. The Morgan fingerprint density at radius 1 is 1.19 bits per heavy atom. The summed E-state index contributed by atoms with van der Waals surface area (Å²) in [6, 6.07) is 5.63. The summed E-state index contributed by atoms with van der Waals surface area (Å²) in [5.74, 6) is -1.48. The molecule has 0 saturated heterocycles. The second-order valence-electron chi connectivity index (χ2n) is 5.68. The lowest BCUT2D eigenvalue weighted by Crippen LogP contribution is -2.43. The van der Waals surface area contributed by atoms with E-state index < -0.39 is 11.5 Å². The minimum atomic E-state index is -1.08. The van der Waals surface area contributed by atoms with E-state index in [2.05, 4.69) is 5.32 Å². The Bertz CT molecular complexity index is 602. The van der Waals surface area contributed by atoms with Gasteiger partial charge in [-0.05, 0) is 38.3 Å². The van der Waals surface area contributed by atoms with Gasteiger partial charge in [-0.2, -0.15) is 0 Å². The highest BCUT2D eigenvalue weighted by Gasteiger charge is 2.51. The number of benzene rings is 1. The number of hydrogen-bond donors (Lipinski definition) is 2. The van der Waals surface area contributed by atoms with E-state index >= 15 is 0 Å². The van der Waals surface area contributed by atoms with Gasteiger partial charge in [-0.25, -0.2) is 4.79 Å². The number of ketones is 1. The van der Waals surface area contributed by atoms with Crippen LogP contribution in [0.5, 0.6) is 0 Å². The maximum atomic E-state index is 12.1. The fourth-order valence-electron chi connectivity index (χ4n) is 2.24. The number of rotatable bonds is 6. The van der Waals surface area contributed by atoms with Crippen LogP contribution in [-0.2, 0) is 9.59 Å². The molecule has 1 aliphatic rings. The maximum Gasteiger partial charge on any atom is 0.329 e. The summed E-state index contributed by atoms with van der Waals surface area (Å²) in [4.78, 5) is 34.9. The van der Waals surface area contributed by atoms with Crippen LogP contribution in [0.3, 0.4) is 0 Å². The van der Waals surface area contributed by atoms with Crippen molar-refractivity contribution in [2.45, 2.75) is 45.1 Å². The highest BCUT2D eigenvalue weighted by molar-refractivity contribution is 5.99. The van der Waals surface area contributed by atoms with Gasteiger partial charge < -0.3 is 10.4 Å². The second-order valence-corrected chi connectivity index (χ2v) is 5.68. The molecule has 5 heteroatoms. The minimum absolute atomic E-state index is 0.0151. The van der Waals surface area contributed by atoms with Gasteiger partial charge in [-0.15, -0.1) is 0 Å². The highest BCUT2D eigenvalue weighted by atomic mass is 16.4. The molecular formula is C16H19NO4. The first-order valence-corrected chi connectivity index (χ1v) is 6.99. The van der Waals surface area contributed by atoms with Crippen LogP contribution in [0.4, 0.5) is 0 Å². The van der Waals surface area contributed by atoms with E-state index in [9.17, 15) is 14.4 Å². The number of Topliss-reactive ketones (excluding diaryl/α,β-unsaturated/α-hetero) is 1. The van der Waals surface area contributed by atoms with E-state index in [0.29, 0.717) is 18.4 Å². The molecule has 1 aliphatic carbocycles. The third-order valence-corrected chi connectivity index (χ3v) is 3.81. The Hall–Kier alpha value is -2.17. The molecule has 1 saturated carbocycles. The van der Waals surface area contributed by atoms with Crippen molar-refractivity contribution in [3.05, 3.63) is 34.9 Å². The zero-order chi connectivity index (χ0) is 15.6. The number of carbonyl (C=O) groups is 3. The number of hydrogen-bond acceptors (Lipinski definition) is 3. The van der Waals surface area contributed by atoms with Crippen LogP contribution < -0.4 is 5.32 Å². The number of carboxylic acids is 1. The first kappa shape index (κ1) is 15.2. The first-order valence-electron chi connectivity index (χ1n) is 6.99. The molecule has 1 aromatic rings. The average Bonchev–Trinajstić information content (AvgIpc) is 3.19. The standard InChI is InChI=1S/C16H19NO4/c1-10-3-4-11(2)12(9-10)13(18)5-6-14(19)17-16(7-8-16)15(20)21/h3-4,9H,5-8H2,1-2H3,(H,17,19)(H,20,21). The molecule has 0 heterocycles. The molecule has 5 nitrogen and oxygen atoms in total. The lowest BCUT2D eigenvalue weighted by atomic mass is 9.99. The Kier molecular flexibility index (Phi) is 4.11. The lowest BCUT2D eigenvalue weighted by Gasteiger charge is -2.12. The van der Waals surface area contributed by atoms with Gasteiger partial charge in [0, 0.05) is 18.4 Å². The van der Waals surface area contributed by atoms with Crippen LogP contribution in [0, 0.1) is 13.8 Å². The second kappa shape index (κ2) is 5.68. The van der Waals surface area contributed by atoms with Crippen molar-refractivity contribution in [1.82, 2.24) is 5.32 Å². The van der Waals surface area contributed by atoms with Gasteiger partial charge in [0.25, 0.3) is 0 Å². The largest absolute Gasteiger partial charge is 0.480 e. The number of aliphatic carboxylic acids is 1. The summed E-state index contributed by atoms with van der Waals surface area (Å²) in [5.41, 5.74) is 1.42. The predicted octanol–water partition coefficient (Wildman–Crippen LogP) is 2.00. The van der Waals surface area contributed by atoms with Gasteiger partial charge in [0.05, 0.1) is 0 Å². The third kappa shape index (κ3) is 3.48. The van der Waals surface area contributed by atoms with E-state index in [1.807, 2.05) is 32.0 Å². The monoisotopic (exact) mass is 289 g/mol. The zero-order valence-electron chi connectivity index (χ0n) is 12.2. The van der Waals surface area contributed by atoms with Gasteiger partial charge in [0.2, 0.25) is 5.91 Å². The van der Waals surface area contributed by atoms with Gasteiger partial charge in [-0.3, -0.25) is 9.59 Å². The first-order chi connectivity index (χ1) is 9.84. The average molecular weight is 289 g/mol. The molecule has 1 fully saturated rings. The van der Waals surface area contributed by atoms with E-state index in [1.54, 1.807) is 0 Å². The molecular weight excluding hydrogens is 270 g/mol. The predicted molar refractivity (Wildman–Crippen MR) is 77.2 cm³/mol. The van der Waals surface area contributed by atoms with E-state index in [0.717, 1.165) is 11.1 Å². The van der Waals surface area contributed by atoms with Crippen molar-refractivity contribution in [2.75, 3.05) is 0 Å². The van der Waals surface area contributed by atoms with Gasteiger partial charge in [0.15, 0.2) is 5.78 Å². The van der Waals surface area contributed by atoms with Gasteiger partial charge >= 0.3 is 5.97 Å². The zero-order valence-corrected chi connectivity index (χ0v) is 12.2. The third-order valence-electron chi connectivity index (χ3n) is 3.81. The molecule has 0 spiro atoms. The van der Waals surface area contributed by atoms with Crippen LogP contribution in [0.25, 0.3) is 0 Å². The molecule has 112 valence electrons. The molecule has 1 aromatic carbocycles. The fraction of sp³-hybridized carbons (Fsp3) is 0.438. The van der Waals surface area contributed by atoms with Crippen LogP contribution in [-0.4, -0.2) is 28.3 Å². The highest BCUT2D eigenvalue weighted by Crippen LogP contribution is 2.35. The van der Waals surface area contributed by atoms with Crippen molar-refractivity contribution in [2.24, 2.45) is 0 Å². The Labute approximate surface area is 123 Å². The summed E-state index contributed by atoms with van der Waals surface area (Å²) in [6.07, 6.45) is 1.02. The molecule has 0 atom stereocenters. The van der Waals surface area contributed by atoms with Crippen molar-refractivity contribution in [3.63, 3.8) is 0 Å². The summed E-state index contributed by atoms with van der Waals surface area (Å²) < 4.78 is 0. The van der Waals surface area contributed by atoms with Crippen molar-refractivity contribution >= 4 is 17.7 Å². The SMILES string of the molecule is Cc1ccc(C)c(C(=O)CCC(=O)NC2(C(=O)O)CC2)c1. The minimum Gasteiger partial charge on any atom is -0.480 e. The Morgan fingerprint density at radius 3 is 2.43 bits per heavy atom. The van der Waals surface area contributed by atoms with E-state index in [4.69, 9.17) is 5.11 Å². The van der Waals surface area contributed by atoms with Crippen molar-refractivity contribution in [3.8, 4) is 0 Å². The normalized spacial score (nSPS) is 15.3. The lowest BCUT2D eigenvalue weighted by molar-refractivity contribution is -0.143. The smallest absolute Gasteiger partial charge is 0.329 e. The molecule has 0 bridgehead atoms.